The highest BCUT2D eigenvalue weighted by molar-refractivity contribution is 7.14. The minimum Gasteiger partial charge on any atom is -0.477 e. The van der Waals surface area contributed by atoms with Crippen LogP contribution in [0.5, 0.6) is 0 Å². The highest BCUT2D eigenvalue weighted by Gasteiger charge is 2.12. The smallest absolute Gasteiger partial charge is 0.342 e. The SMILES string of the molecule is CCN(C(C)=O)c1nc(/C=C/c2ncc(C(=O)O)c(=O)[nH]2)cs1. The third-order valence-corrected chi connectivity index (χ3v) is 3.78. The lowest BCUT2D eigenvalue weighted by Gasteiger charge is -2.14. The van der Waals surface area contributed by atoms with E-state index in [0.717, 1.165) is 6.20 Å². The van der Waals surface area contributed by atoms with Crippen molar-refractivity contribution in [2.24, 2.45) is 0 Å². The second-order valence-corrected chi connectivity index (χ2v) is 5.30. The molecule has 0 spiro atoms. The van der Waals surface area contributed by atoms with Crippen LogP contribution in [0.2, 0.25) is 0 Å². The van der Waals surface area contributed by atoms with Gasteiger partial charge in [0, 0.05) is 25.0 Å². The Kier molecular flexibility index (Phi) is 5.02. The van der Waals surface area contributed by atoms with Gasteiger partial charge in [-0.3, -0.25) is 14.5 Å². The molecule has 0 aliphatic carbocycles. The number of aromatic nitrogens is 3. The summed E-state index contributed by atoms with van der Waals surface area (Å²) in [6, 6.07) is 0. The van der Waals surface area contributed by atoms with E-state index in [1.165, 1.54) is 24.3 Å². The summed E-state index contributed by atoms with van der Waals surface area (Å²) in [4.78, 5) is 45.8. The molecule has 0 bridgehead atoms. The third kappa shape index (κ3) is 3.89. The fourth-order valence-corrected chi connectivity index (χ4v) is 2.68. The van der Waals surface area contributed by atoms with E-state index < -0.39 is 17.1 Å². The second-order valence-electron chi connectivity index (χ2n) is 4.47. The lowest BCUT2D eigenvalue weighted by Crippen LogP contribution is -2.27. The Labute approximate surface area is 135 Å². The fourth-order valence-electron chi connectivity index (χ4n) is 1.78. The van der Waals surface area contributed by atoms with Crippen LogP contribution in [0, 0.1) is 0 Å². The number of carboxylic acids is 1. The summed E-state index contributed by atoms with van der Waals surface area (Å²) in [5, 5.41) is 11.1. The van der Waals surface area contributed by atoms with E-state index in [0.29, 0.717) is 17.4 Å². The zero-order valence-corrected chi connectivity index (χ0v) is 13.3. The van der Waals surface area contributed by atoms with Crippen molar-refractivity contribution < 1.29 is 14.7 Å². The van der Waals surface area contributed by atoms with Gasteiger partial charge in [0.15, 0.2) is 5.13 Å². The Bertz CT molecular complexity index is 824. The third-order valence-electron chi connectivity index (χ3n) is 2.90. The van der Waals surface area contributed by atoms with Gasteiger partial charge in [0.05, 0.1) is 5.69 Å². The van der Waals surface area contributed by atoms with Crippen LogP contribution in [-0.4, -0.2) is 38.5 Å². The normalized spacial score (nSPS) is 10.9. The van der Waals surface area contributed by atoms with Crippen LogP contribution in [0.25, 0.3) is 12.2 Å². The standard InChI is InChI=1S/C14H14N4O4S/c1-3-18(8(2)19)14-16-9(7-23-14)4-5-11-15-6-10(13(21)22)12(20)17-11/h4-7H,3H2,1-2H3,(H,21,22)(H,15,17,20)/b5-4+. The summed E-state index contributed by atoms with van der Waals surface area (Å²) in [7, 11) is 0. The number of carbonyl (C=O) groups excluding carboxylic acids is 1. The van der Waals surface area contributed by atoms with Gasteiger partial charge in [-0.15, -0.1) is 11.3 Å². The largest absolute Gasteiger partial charge is 0.477 e. The summed E-state index contributed by atoms with van der Waals surface area (Å²) in [5.41, 5.74) is -0.535. The number of rotatable bonds is 5. The summed E-state index contributed by atoms with van der Waals surface area (Å²) in [6.07, 6.45) is 4.13. The van der Waals surface area contributed by atoms with Crippen molar-refractivity contribution in [1.82, 2.24) is 15.0 Å². The molecule has 2 heterocycles. The monoisotopic (exact) mass is 334 g/mol. The van der Waals surface area contributed by atoms with Gasteiger partial charge in [0.2, 0.25) is 5.91 Å². The summed E-state index contributed by atoms with van der Waals surface area (Å²) >= 11 is 1.33. The first-order chi connectivity index (χ1) is 10.9. The molecule has 120 valence electrons. The predicted molar refractivity (Wildman–Crippen MR) is 86.6 cm³/mol. The van der Waals surface area contributed by atoms with Crippen molar-refractivity contribution in [3.05, 3.63) is 39.0 Å². The molecule has 2 rings (SSSR count). The number of H-pyrrole nitrogens is 1. The maximum Gasteiger partial charge on any atom is 0.342 e. The van der Waals surface area contributed by atoms with Gasteiger partial charge in [0.1, 0.15) is 11.4 Å². The van der Waals surface area contributed by atoms with E-state index >= 15 is 0 Å². The van der Waals surface area contributed by atoms with E-state index in [4.69, 9.17) is 5.11 Å². The number of carbonyl (C=O) groups is 2. The molecule has 2 N–H and O–H groups in total. The van der Waals surface area contributed by atoms with Gasteiger partial charge in [-0.05, 0) is 19.1 Å². The minimum absolute atomic E-state index is 0.0902. The summed E-state index contributed by atoms with van der Waals surface area (Å²) < 4.78 is 0. The van der Waals surface area contributed by atoms with Crippen molar-refractivity contribution in [3.63, 3.8) is 0 Å². The van der Waals surface area contributed by atoms with Crippen molar-refractivity contribution >= 4 is 40.5 Å². The number of aromatic carboxylic acids is 1. The van der Waals surface area contributed by atoms with Crippen LogP contribution in [0.15, 0.2) is 16.4 Å². The van der Waals surface area contributed by atoms with Gasteiger partial charge in [-0.2, -0.15) is 0 Å². The Morgan fingerprint density at radius 3 is 2.74 bits per heavy atom. The molecule has 0 atom stereocenters. The molecule has 0 fully saturated rings. The van der Waals surface area contributed by atoms with Gasteiger partial charge >= 0.3 is 5.97 Å². The number of amides is 1. The highest BCUT2D eigenvalue weighted by Crippen LogP contribution is 2.21. The number of hydrogen-bond donors (Lipinski definition) is 2. The molecule has 0 saturated carbocycles. The molecule has 0 aliphatic rings. The van der Waals surface area contributed by atoms with Crippen LogP contribution in [0.1, 0.15) is 35.7 Å². The molecule has 9 heteroatoms. The van der Waals surface area contributed by atoms with E-state index in [-0.39, 0.29) is 11.7 Å². The van der Waals surface area contributed by atoms with Crippen LogP contribution < -0.4 is 10.5 Å². The molecule has 8 nitrogen and oxygen atoms in total. The Balaban J connectivity index is 2.20. The molecule has 0 aromatic carbocycles. The van der Waals surface area contributed by atoms with Gasteiger partial charge in [-0.25, -0.2) is 14.8 Å². The van der Waals surface area contributed by atoms with E-state index in [1.807, 2.05) is 6.92 Å². The van der Waals surface area contributed by atoms with E-state index in [2.05, 4.69) is 15.0 Å². The minimum atomic E-state index is -1.33. The average molecular weight is 334 g/mol. The summed E-state index contributed by atoms with van der Waals surface area (Å²) in [5.74, 6) is -1.21. The highest BCUT2D eigenvalue weighted by atomic mass is 32.1. The molecule has 23 heavy (non-hydrogen) atoms. The fraction of sp³-hybridized carbons (Fsp3) is 0.214. The maximum absolute atomic E-state index is 11.5. The van der Waals surface area contributed by atoms with E-state index in [9.17, 15) is 14.4 Å². The first-order valence-corrected chi connectivity index (χ1v) is 7.54. The molecule has 2 aromatic heterocycles. The number of aromatic amines is 1. The van der Waals surface area contributed by atoms with Crippen molar-refractivity contribution in [3.8, 4) is 0 Å². The van der Waals surface area contributed by atoms with Crippen molar-refractivity contribution in [2.75, 3.05) is 11.4 Å². The van der Waals surface area contributed by atoms with Gasteiger partial charge in [0.25, 0.3) is 5.56 Å². The molecule has 1 amide bonds. The second kappa shape index (κ2) is 6.97. The van der Waals surface area contributed by atoms with Gasteiger partial charge < -0.3 is 10.1 Å². The average Bonchev–Trinajstić information content (AvgIpc) is 2.93. The number of carboxylic acid groups (broad SMARTS) is 1. The molecule has 0 aliphatic heterocycles. The van der Waals surface area contributed by atoms with Crippen molar-refractivity contribution in [2.45, 2.75) is 13.8 Å². The lowest BCUT2D eigenvalue weighted by atomic mass is 10.3. The Morgan fingerprint density at radius 1 is 1.43 bits per heavy atom. The molecule has 0 unspecified atom stereocenters. The molecular formula is C14H14N4O4S. The molecule has 2 aromatic rings. The number of anilines is 1. The number of nitrogens with one attached hydrogen (secondary N) is 1. The van der Waals surface area contributed by atoms with E-state index in [1.54, 1.807) is 16.4 Å². The first-order valence-electron chi connectivity index (χ1n) is 6.66. The number of thiazole rings is 1. The zero-order valence-electron chi connectivity index (χ0n) is 12.4. The van der Waals surface area contributed by atoms with Crippen LogP contribution in [0.3, 0.4) is 0 Å². The number of hydrogen-bond acceptors (Lipinski definition) is 6. The first kappa shape index (κ1) is 16.6. The molecule has 0 radical (unpaired) electrons. The van der Waals surface area contributed by atoms with Crippen LogP contribution in [-0.2, 0) is 4.79 Å². The Hall–Kier alpha value is -2.81. The van der Waals surface area contributed by atoms with Gasteiger partial charge in [-0.1, -0.05) is 0 Å². The van der Waals surface area contributed by atoms with Crippen LogP contribution in [0.4, 0.5) is 5.13 Å². The quantitative estimate of drug-likeness (QED) is 0.855. The zero-order chi connectivity index (χ0) is 17.0. The topological polar surface area (TPSA) is 116 Å². The Morgan fingerprint density at radius 2 is 2.17 bits per heavy atom. The predicted octanol–water partition coefficient (Wildman–Crippen LogP) is 1.47. The number of nitrogens with zero attached hydrogens (tertiary/aromatic N) is 3. The van der Waals surface area contributed by atoms with Crippen LogP contribution >= 0.6 is 11.3 Å². The van der Waals surface area contributed by atoms with Crippen molar-refractivity contribution in [1.29, 1.82) is 0 Å². The summed E-state index contributed by atoms with van der Waals surface area (Å²) in [6.45, 7) is 3.85. The molecule has 0 saturated heterocycles. The maximum atomic E-state index is 11.5. The molecular weight excluding hydrogens is 320 g/mol. The lowest BCUT2D eigenvalue weighted by molar-refractivity contribution is -0.116.